The molecule has 0 aromatic carbocycles. The number of rotatable bonds is 0. The van der Waals surface area contributed by atoms with Crippen LogP contribution in [0.5, 0.6) is 0 Å². The molecule has 0 radical (unpaired) electrons. The molecule has 0 aromatic heterocycles. The second-order valence-electron chi connectivity index (χ2n) is 13.2. The summed E-state index contributed by atoms with van der Waals surface area (Å²) < 4.78 is 0. The van der Waals surface area contributed by atoms with Crippen LogP contribution in [-0.2, 0) is 4.79 Å². The molecule has 2 heterocycles. The first-order chi connectivity index (χ1) is 14.7. The Labute approximate surface area is 200 Å². The summed E-state index contributed by atoms with van der Waals surface area (Å²) in [5, 5.41) is 22.1. The van der Waals surface area contributed by atoms with Gasteiger partial charge in [0.25, 0.3) is 0 Å². The lowest BCUT2D eigenvalue weighted by molar-refractivity contribution is -0.175. The van der Waals surface area contributed by atoms with Crippen molar-refractivity contribution in [2.45, 2.75) is 96.3 Å². The van der Waals surface area contributed by atoms with Crippen molar-refractivity contribution in [3.8, 4) is 0 Å². The second kappa shape index (κ2) is 7.93. The fourth-order valence-corrected chi connectivity index (χ4v) is 10.4. The van der Waals surface area contributed by atoms with E-state index < -0.39 is 5.60 Å². The van der Waals surface area contributed by atoms with E-state index in [1.165, 1.54) is 25.8 Å². The minimum atomic E-state index is -0.570. The van der Waals surface area contributed by atoms with Crippen LogP contribution in [0.1, 0.15) is 78.6 Å². The topological polar surface area (TPSA) is 60.8 Å². The van der Waals surface area contributed by atoms with E-state index in [2.05, 4.69) is 25.7 Å². The van der Waals surface area contributed by atoms with E-state index in [-0.39, 0.29) is 29.8 Å². The lowest BCUT2D eigenvalue weighted by atomic mass is 9.51. The molecule has 0 unspecified atom stereocenters. The molecule has 5 heteroatoms. The highest BCUT2D eigenvalue weighted by Crippen LogP contribution is 2.66. The highest BCUT2D eigenvalue weighted by molar-refractivity contribution is 5.85. The van der Waals surface area contributed by atoms with Gasteiger partial charge in [-0.15, -0.1) is 12.4 Å². The van der Waals surface area contributed by atoms with Crippen molar-refractivity contribution in [2.24, 2.45) is 52.8 Å². The molecule has 182 valence electrons. The van der Waals surface area contributed by atoms with Gasteiger partial charge < -0.3 is 10.2 Å². The molecule has 2 saturated heterocycles. The Morgan fingerprint density at radius 2 is 1.69 bits per heavy atom. The fourth-order valence-electron chi connectivity index (χ4n) is 10.4. The maximum Gasteiger partial charge on any atom is 0.136 e. The summed E-state index contributed by atoms with van der Waals surface area (Å²) in [4.78, 5) is 15.9. The standard InChI is InChI=1S/C27H43NO3.ClH/c1-15-4-7-25-27(3,31)21-6-5-17-18(20(21)14-28(25)13-15)11-22-19(17)12-24(30)23-10-16(29)8-9-26(22,23)2;/h15-23,25,29,31H,4-14H2,1-3H3;1H/t15-,16-,17+,18+,19-,20-,21+,22-,23+,25-,26+,27-;/m0./s1. The van der Waals surface area contributed by atoms with Crippen LogP contribution < -0.4 is 0 Å². The third kappa shape index (κ3) is 3.22. The SMILES string of the molecule is C[C@H]1CC[C@@H]2N(C1)C[C@H]1[C@@H]3C[C@H]4[C@@H](CC(=O)[C@H]5C[C@@H](O)CC[C@@]54C)[C@@H]3CC[C@H]1[C@]2(C)O.Cl. The molecule has 6 aliphatic rings. The average molecular weight is 466 g/mol. The van der Waals surface area contributed by atoms with Gasteiger partial charge in [-0.25, -0.2) is 0 Å². The van der Waals surface area contributed by atoms with Gasteiger partial charge >= 0.3 is 0 Å². The van der Waals surface area contributed by atoms with E-state index in [0.29, 0.717) is 53.8 Å². The van der Waals surface area contributed by atoms with E-state index in [9.17, 15) is 15.0 Å². The zero-order chi connectivity index (χ0) is 21.7. The molecule has 0 bridgehead atoms. The lowest BCUT2D eigenvalue weighted by Gasteiger charge is -2.59. The Balaban J connectivity index is 0.00000216. The number of Topliss-reactive ketones (excluding diaryl/α,β-unsaturated/α-hetero) is 1. The Bertz CT molecular complexity index is 757. The first-order valence-electron chi connectivity index (χ1n) is 13.4. The number of piperidine rings is 2. The van der Waals surface area contributed by atoms with Gasteiger partial charge in [0.05, 0.1) is 11.7 Å². The van der Waals surface area contributed by atoms with Gasteiger partial charge in [0.15, 0.2) is 0 Å². The monoisotopic (exact) mass is 465 g/mol. The number of hydrogen-bond acceptors (Lipinski definition) is 4. The number of aliphatic hydroxyl groups is 2. The van der Waals surface area contributed by atoms with Gasteiger partial charge in [0.2, 0.25) is 0 Å². The van der Waals surface area contributed by atoms with Crippen LogP contribution in [0.2, 0.25) is 0 Å². The van der Waals surface area contributed by atoms with E-state index in [1.807, 2.05) is 0 Å². The molecular formula is C27H44ClNO3. The average Bonchev–Trinajstić information content (AvgIpc) is 3.09. The quantitative estimate of drug-likeness (QED) is 0.559. The maximum atomic E-state index is 13.2. The Hall–Kier alpha value is -0.160. The lowest BCUT2D eigenvalue weighted by Crippen LogP contribution is -2.67. The minimum absolute atomic E-state index is 0. The Morgan fingerprint density at radius 3 is 2.47 bits per heavy atom. The van der Waals surface area contributed by atoms with Crippen LogP contribution in [0.15, 0.2) is 0 Å². The zero-order valence-electron chi connectivity index (χ0n) is 20.2. The van der Waals surface area contributed by atoms with Gasteiger partial charge in [-0.05, 0) is 105 Å². The van der Waals surface area contributed by atoms with Crippen LogP contribution in [0.3, 0.4) is 0 Å². The van der Waals surface area contributed by atoms with Crippen molar-refractivity contribution in [3.63, 3.8) is 0 Å². The molecule has 0 spiro atoms. The number of hydrogen-bond donors (Lipinski definition) is 2. The normalized spacial score (nSPS) is 57.3. The largest absolute Gasteiger partial charge is 0.393 e. The Kier molecular flexibility index (Phi) is 5.84. The Morgan fingerprint density at radius 1 is 0.906 bits per heavy atom. The molecule has 6 rings (SSSR count). The summed E-state index contributed by atoms with van der Waals surface area (Å²) in [7, 11) is 0. The van der Waals surface area contributed by atoms with Gasteiger partial charge in [-0.2, -0.15) is 0 Å². The van der Waals surface area contributed by atoms with Gasteiger partial charge in [0, 0.05) is 31.5 Å². The van der Waals surface area contributed by atoms with Crippen LogP contribution in [0.4, 0.5) is 0 Å². The van der Waals surface area contributed by atoms with Crippen molar-refractivity contribution in [1.29, 1.82) is 0 Å². The summed E-state index contributed by atoms with van der Waals surface area (Å²) in [6, 6.07) is 0.341. The van der Waals surface area contributed by atoms with E-state index in [0.717, 1.165) is 44.6 Å². The van der Waals surface area contributed by atoms with E-state index in [4.69, 9.17) is 0 Å². The smallest absolute Gasteiger partial charge is 0.136 e. The predicted molar refractivity (Wildman–Crippen MR) is 128 cm³/mol. The summed E-state index contributed by atoms with van der Waals surface area (Å²) in [5.74, 6) is 4.82. The number of carbonyl (C=O) groups is 1. The maximum absolute atomic E-state index is 13.2. The van der Waals surface area contributed by atoms with Crippen LogP contribution in [0.25, 0.3) is 0 Å². The number of carbonyl (C=O) groups excluding carboxylic acids is 1. The van der Waals surface area contributed by atoms with Crippen molar-refractivity contribution < 1.29 is 15.0 Å². The summed E-state index contributed by atoms with van der Waals surface area (Å²) in [6.07, 6.45) is 9.08. The highest BCUT2D eigenvalue weighted by atomic mass is 35.5. The molecular weight excluding hydrogens is 422 g/mol. The first-order valence-corrected chi connectivity index (χ1v) is 13.4. The molecule has 4 saturated carbocycles. The second-order valence-corrected chi connectivity index (χ2v) is 13.2. The predicted octanol–water partition coefficient (Wildman–Crippen LogP) is 4.31. The number of aliphatic hydroxyl groups excluding tert-OH is 1. The van der Waals surface area contributed by atoms with E-state index in [1.54, 1.807) is 0 Å². The van der Waals surface area contributed by atoms with Crippen LogP contribution in [0, 0.1) is 52.8 Å². The molecule has 4 nitrogen and oxygen atoms in total. The number of halogens is 1. The van der Waals surface area contributed by atoms with Crippen LogP contribution in [-0.4, -0.2) is 51.7 Å². The van der Waals surface area contributed by atoms with Crippen molar-refractivity contribution in [3.05, 3.63) is 0 Å². The third-order valence-corrected chi connectivity index (χ3v) is 11.8. The first kappa shape index (κ1) is 23.6. The number of ketones is 1. The fraction of sp³-hybridized carbons (Fsp3) is 0.963. The summed E-state index contributed by atoms with van der Waals surface area (Å²) >= 11 is 0. The third-order valence-electron chi connectivity index (χ3n) is 11.8. The summed E-state index contributed by atoms with van der Waals surface area (Å²) in [5.41, 5.74) is -0.482. The van der Waals surface area contributed by atoms with Gasteiger partial charge in [-0.1, -0.05) is 13.8 Å². The number of nitrogens with zero attached hydrogens (tertiary/aromatic N) is 1. The molecule has 2 aliphatic heterocycles. The van der Waals surface area contributed by atoms with Crippen molar-refractivity contribution in [1.82, 2.24) is 4.90 Å². The molecule has 2 N–H and O–H groups in total. The van der Waals surface area contributed by atoms with E-state index >= 15 is 0 Å². The molecule has 32 heavy (non-hydrogen) atoms. The van der Waals surface area contributed by atoms with Crippen molar-refractivity contribution in [2.75, 3.05) is 13.1 Å². The zero-order valence-corrected chi connectivity index (χ0v) is 21.0. The molecule has 4 aliphatic carbocycles. The molecule has 12 atom stereocenters. The summed E-state index contributed by atoms with van der Waals surface area (Å²) in [6.45, 7) is 9.23. The van der Waals surface area contributed by atoms with Crippen molar-refractivity contribution >= 4 is 18.2 Å². The molecule has 6 fully saturated rings. The minimum Gasteiger partial charge on any atom is -0.393 e. The molecule has 0 amide bonds. The highest BCUT2D eigenvalue weighted by Gasteiger charge is 2.64. The molecule has 0 aromatic rings. The van der Waals surface area contributed by atoms with Crippen LogP contribution >= 0.6 is 12.4 Å². The van der Waals surface area contributed by atoms with Gasteiger partial charge in [-0.3, -0.25) is 9.69 Å². The van der Waals surface area contributed by atoms with Gasteiger partial charge in [0.1, 0.15) is 5.78 Å². The number of fused-ring (bicyclic) bond motifs is 8.